The standard InChI is InChI=1S/C20H7F31O2/c21-5(22)4-6(52)53-3-1-2-7(23,24)9(26,27)11(30,31)13(34,35)15(38,39)17(42,43)18(44,45)16(40,41)14(36,37)12(32,33)10(28,29)8(25,19(46,47)48)20(49,50)51/h4H,1-3H2. The molecule has 53 heavy (non-hydrogen) atoms. The van der Waals surface area contributed by atoms with Crippen molar-refractivity contribution in [3.63, 3.8) is 0 Å². The van der Waals surface area contributed by atoms with Crippen molar-refractivity contribution in [1.82, 2.24) is 0 Å². The minimum Gasteiger partial charge on any atom is -0.462 e. The number of halogens is 31. The SMILES string of the molecule is O=C(C=C(F)F)OCCCC(F)(F)C(F)(F)C(F)(F)C(F)(F)C(F)(F)C(F)(F)C(F)(F)C(F)(F)C(F)(F)C(F)(F)C(F)(F)C(F)(C(F)(F)F)C(F)(F)F. The van der Waals surface area contributed by atoms with Gasteiger partial charge < -0.3 is 4.74 Å². The Morgan fingerprint density at radius 1 is 0.396 bits per heavy atom. The van der Waals surface area contributed by atoms with Crippen molar-refractivity contribution in [3.05, 3.63) is 12.2 Å². The van der Waals surface area contributed by atoms with E-state index >= 15 is 0 Å². The van der Waals surface area contributed by atoms with Crippen LogP contribution in [0.15, 0.2) is 12.2 Å². The molecule has 0 amide bonds. The van der Waals surface area contributed by atoms with Crippen molar-refractivity contribution in [3.8, 4) is 0 Å². The second-order valence-corrected chi connectivity index (χ2v) is 9.81. The molecule has 0 N–H and O–H groups in total. The zero-order valence-electron chi connectivity index (χ0n) is 23.2. The third-order valence-corrected chi connectivity index (χ3v) is 6.33. The van der Waals surface area contributed by atoms with Gasteiger partial charge in [-0.3, -0.25) is 0 Å². The summed E-state index contributed by atoms with van der Waals surface area (Å²) < 4.78 is 419. The predicted octanol–water partition coefficient (Wildman–Crippen LogP) is 10.9. The molecule has 0 spiro atoms. The van der Waals surface area contributed by atoms with Gasteiger partial charge in [-0.15, -0.1) is 0 Å². The monoisotopic (exact) mass is 868 g/mol. The van der Waals surface area contributed by atoms with Crippen molar-refractivity contribution in [2.45, 2.75) is 96.0 Å². The Kier molecular flexibility index (Phi) is 12.6. The number of carbonyl (C=O) groups is 1. The highest BCUT2D eigenvalue weighted by atomic mass is 19.4. The van der Waals surface area contributed by atoms with Crippen LogP contribution in [-0.4, -0.2) is 95.7 Å². The van der Waals surface area contributed by atoms with Crippen molar-refractivity contribution >= 4 is 5.97 Å². The van der Waals surface area contributed by atoms with E-state index in [2.05, 4.69) is 4.74 Å². The van der Waals surface area contributed by atoms with Gasteiger partial charge in [0.1, 0.15) is 0 Å². The number of ether oxygens (including phenoxy) is 1. The van der Waals surface area contributed by atoms with E-state index in [0.29, 0.717) is 0 Å². The molecule has 0 radical (unpaired) electrons. The number of hydrogen-bond donors (Lipinski definition) is 0. The zero-order chi connectivity index (χ0) is 43.7. The molecule has 0 fully saturated rings. The normalized spacial score (nSPS) is 16.1. The average molecular weight is 868 g/mol. The summed E-state index contributed by atoms with van der Waals surface area (Å²) in [5, 5.41) is 0. The lowest BCUT2D eigenvalue weighted by Gasteiger charge is -2.47. The third kappa shape index (κ3) is 6.83. The average Bonchev–Trinajstić information content (AvgIpc) is 2.91. The molecule has 0 aromatic heterocycles. The van der Waals surface area contributed by atoms with E-state index in [9.17, 15) is 141 Å². The molecule has 0 atom stereocenters. The van der Waals surface area contributed by atoms with E-state index in [0.717, 1.165) is 0 Å². The lowest BCUT2D eigenvalue weighted by atomic mass is 9.81. The van der Waals surface area contributed by atoms with Gasteiger partial charge in [0.2, 0.25) is 0 Å². The molecule has 0 aliphatic rings. The molecular weight excluding hydrogens is 861 g/mol. The van der Waals surface area contributed by atoms with Crippen LogP contribution >= 0.6 is 0 Å². The van der Waals surface area contributed by atoms with Gasteiger partial charge >= 0.3 is 89.1 Å². The van der Waals surface area contributed by atoms with Gasteiger partial charge in [0, 0.05) is 6.42 Å². The van der Waals surface area contributed by atoms with Gasteiger partial charge in [-0.05, 0) is 6.42 Å². The van der Waals surface area contributed by atoms with Crippen molar-refractivity contribution in [1.29, 1.82) is 0 Å². The Labute approximate surface area is 267 Å². The molecule has 316 valence electrons. The lowest BCUT2D eigenvalue weighted by Crippen LogP contribution is -2.80. The second-order valence-electron chi connectivity index (χ2n) is 9.81. The fraction of sp³-hybridized carbons (Fsp3) is 0.850. The van der Waals surface area contributed by atoms with Crippen LogP contribution in [-0.2, 0) is 9.53 Å². The van der Waals surface area contributed by atoms with Crippen LogP contribution in [0.4, 0.5) is 136 Å². The fourth-order valence-corrected chi connectivity index (χ4v) is 3.29. The molecule has 33 heteroatoms. The van der Waals surface area contributed by atoms with E-state index < -0.39 is 121 Å². The molecule has 0 saturated carbocycles. The van der Waals surface area contributed by atoms with E-state index in [1.807, 2.05) is 0 Å². The predicted molar refractivity (Wildman–Crippen MR) is 101 cm³/mol. The molecule has 2 nitrogen and oxygen atoms in total. The highest BCUT2D eigenvalue weighted by Crippen LogP contribution is 2.69. The summed E-state index contributed by atoms with van der Waals surface area (Å²) in [6, 6.07) is 0. The highest BCUT2D eigenvalue weighted by Gasteiger charge is 3.01. The molecular formula is C20H7F31O2. The summed E-state index contributed by atoms with van der Waals surface area (Å²) in [4.78, 5) is 10.7. The van der Waals surface area contributed by atoms with Gasteiger partial charge in [0.25, 0.3) is 6.08 Å². The van der Waals surface area contributed by atoms with Crippen molar-refractivity contribution in [2.75, 3.05) is 6.61 Å². The van der Waals surface area contributed by atoms with Crippen LogP contribution in [0.5, 0.6) is 0 Å². The Hall–Kier alpha value is -2.96. The number of rotatable bonds is 16. The maximum absolute atomic E-state index is 13.9. The number of carbonyl (C=O) groups excluding carboxylic acids is 1. The van der Waals surface area contributed by atoms with Gasteiger partial charge in [-0.25, -0.2) is 9.18 Å². The molecule has 0 heterocycles. The summed E-state index contributed by atoms with van der Waals surface area (Å²) >= 11 is 0. The Morgan fingerprint density at radius 2 is 0.642 bits per heavy atom. The molecule has 0 aliphatic carbocycles. The smallest absolute Gasteiger partial charge is 0.438 e. The third-order valence-electron chi connectivity index (χ3n) is 6.33. The molecule has 0 rings (SSSR count). The first-order valence-electron chi connectivity index (χ1n) is 11.7. The quantitative estimate of drug-likeness (QED) is 0.0669. The Balaban J connectivity index is 7.28. The van der Waals surface area contributed by atoms with Crippen LogP contribution in [0.3, 0.4) is 0 Å². The summed E-state index contributed by atoms with van der Waals surface area (Å²) in [5.74, 6) is -106. The second kappa shape index (κ2) is 13.4. The first kappa shape index (κ1) is 50.0. The minimum absolute atomic E-state index is 0.801. The van der Waals surface area contributed by atoms with Crippen LogP contribution in [0.1, 0.15) is 12.8 Å². The number of hydrogen-bond acceptors (Lipinski definition) is 2. The summed E-state index contributed by atoms with van der Waals surface area (Å²) in [7, 11) is 0. The Bertz CT molecular complexity index is 1330. The zero-order valence-corrected chi connectivity index (χ0v) is 23.2. The maximum Gasteiger partial charge on any atom is 0.438 e. The fourth-order valence-electron chi connectivity index (χ4n) is 3.29. The van der Waals surface area contributed by atoms with Crippen molar-refractivity contribution < 1.29 is 146 Å². The van der Waals surface area contributed by atoms with Crippen molar-refractivity contribution in [2.24, 2.45) is 0 Å². The number of esters is 1. The number of alkyl halides is 29. The topological polar surface area (TPSA) is 26.3 Å². The van der Waals surface area contributed by atoms with E-state index in [4.69, 9.17) is 0 Å². The summed E-state index contributed by atoms with van der Waals surface area (Å²) in [6.45, 7) is -1.90. The summed E-state index contributed by atoms with van der Waals surface area (Å²) in [5.41, 5.74) is -9.34. The molecule has 0 aliphatic heterocycles. The van der Waals surface area contributed by atoms with E-state index in [-0.39, 0.29) is 0 Å². The van der Waals surface area contributed by atoms with Crippen LogP contribution in [0, 0.1) is 0 Å². The largest absolute Gasteiger partial charge is 0.462 e. The molecule has 0 unspecified atom stereocenters. The maximum atomic E-state index is 13.9. The first-order valence-corrected chi connectivity index (χ1v) is 11.7. The molecule has 0 saturated heterocycles. The van der Waals surface area contributed by atoms with Crippen LogP contribution in [0.25, 0.3) is 0 Å². The van der Waals surface area contributed by atoms with E-state index in [1.165, 1.54) is 0 Å². The van der Waals surface area contributed by atoms with Crippen LogP contribution in [0.2, 0.25) is 0 Å². The lowest BCUT2D eigenvalue weighted by molar-refractivity contribution is -0.489. The molecule has 0 aromatic rings. The minimum atomic E-state index is -10.0. The van der Waals surface area contributed by atoms with Gasteiger partial charge in [0.15, 0.2) is 0 Å². The highest BCUT2D eigenvalue weighted by molar-refractivity contribution is 5.82. The first-order chi connectivity index (χ1) is 22.6. The Morgan fingerprint density at radius 3 is 0.887 bits per heavy atom. The van der Waals surface area contributed by atoms with Crippen LogP contribution < -0.4 is 0 Å². The molecule has 0 bridgehead atoms. The van der Waals surface area contributed by atoms with E-state index in [1.54, 1.807) is 0 Å². The van der Waals surface area contributed by atoms with Gasteiger partial charge in [-0.2, -0.15) is 132 Å². The van der Waals surface area contributed by atoms with Gasteiger partial charge in [0.05, 0.1) is 12.7 Å². The molecule has 0 aromatic carbocycles. The summed E-state index contributed by atoms with van der Waals surface area (Å²) in [6.07, 6.45) is -26.7. The van der Waals surface area contributed by atoms with Gasteiger partial charge in [-0.1, -0.05) is 0 Å².